The van der Waals surface area contributed by atoms with E-state index in [4.69, 9.17) is 0 Å². The molecule has 15 heavy (non-hydrogen) atoms. The highest BCUT2D eigenvalue weighted by Gasteiger charge is 2.31. The third-order valence-electron chi connectivity index (χ3n) is 3.68. The first-order valence-electron chi connectivity index (χ1n) is 5.72. The Kier molecular flexibility index (Phi) is 1.99. The van der Waals surface area contributed by atoms with Crippen molar-refractivity contribution in [3.63, 3.8) is 0 Å². The van der Waals surface area contributed by atoms with Crippen LogP contribution in [0.15, 0.2) is 0 Å². The van der Waals surface area contributed by atoms with Crippen LogP contribution < -0.4 is 4.90 Å². The molecule has 0 aromatic carbocycles. The Morgan fingerprint density at radius 2 is 2.07 bits per heavy atom. The molecule has 1 aromatic rings. The van der Waals surface area contributed by atoms with Crippen molar-refractivity contribution < 1.29 is 0 Å². The fraction of sp³-hybridized carbons (Fsp3) is 0.727. The SMILES string of the molecule is CN(C)c1n[nH]c2c1CN1CCC2CC1. The van der Waals surface area contributed by atoms with Gasteiger partial charge in [-0.05, 0) is 25.9 Å². The zero-order valence-electron chi connectivity index (χ0n) is 9.45. The third-order valence-corrected chi connectivity index (χ3v) is 3.68. The first-order valence-corrected chi connectivity index (χ1v) is 5.72. The zero-order chi connectivity index (χ0) is 10.4. The Labute approximate surface area is 90.3 Å². The largest absolute Gasteiger partial charge is 0.361 e. The molecule has 0 radical (unpaired) electrons. The molecule has 0 saturated carbocycles. The van der Waals surface area contributed by atoms with Crippen molar-refractivity contribution in [3.05, 3.63) is 11.3 Å². The summed E-state index contributed by atoms with van der Waals surface area (Å²) in [5.74, 6) is 1.85. The molecule has 1 fully saturated rings. The zero-order valence-corrected chi connectivity index (χ0v) is 9.45. The number of aromatic nitrogens is 2. The molecule has 1 N–H and O–H groups in total. The molecule has 1 aromatic heterocycles. The van der Waals surface area contributed by atoms with Gasteiger partial charge in [0.05, 0.1) is 0 Å². The average Bonchev–Trinajstić information content (AvgIpc) is 2.48. The molecule has 1 saturated heterocycles. The van der Waals surface area contributed by atoms with Gasteiger partial charge in [-0.2, -0.15) is 5.10 Å². The lowest BCUT2D eigenvalue weighted by Crippen LogP contribution is -2.29. The molecule has 0 atom stereocenters. The van der Waals surface area contributed by atoms with Crippen molar-refractivity contribution >= 4 is 5.82 Å². The Morgan fingerprint density at radius 1 is 1.33 bits per heavy atom. The number of rotatable bonds is 1. The minimum atomic E-state index is 0.722. The van der Waals surface area contributed by atoms with Gasteiger partial charge in [0.25, 0.3) is 0 Å². The van der Waals surface area contributed by atoms with Gasteiger partial charge in [-0.1, -0.05) is 0 Å². The summed E-state index contributed by atoms with van der Waals surface area (Å²) in [7, 11) is 4.14. The van der Waals surface area contributed by atoms with E-state index in [0.717, 1.165) is 18.3 Å². The van der Waals surface area contributed by atoms with Gasteiger partial charge < -0.3 is 4.90 Å². The highest BCUT2D eigenvalue weighted by Crippen LogP contribution is 2.37. The first kappa shape index (κ1) is 9.21. The topological polar surface area (TPSA) is 35.2 Å². The van der Waals surface area contributed by atoms with Gasteiger partial charge in [0, 0.05) is 37.8 Å². The molecule has 0 amide bonds. The number of anilines is 1. The van der Waals surface area contributed by atoms with Crippen LogP contribution in [-0.2, 0) is 6.54 Å². The lowest BCUT2D eigenvalue weighted by molar-refractivity contribution is 0.219. The summed E-state index contributed by atoms with van der Waals surface area (Å²) >= 11 is 0. The van der Waals surface area contributed by atoms with Gasteiger partial charge in [-0.15, -0.1) is 0 Å². The van der Waals surface area contributed by atoms with E-state index in [1.54, 1.807) is 0 Å². The Morgan fingerprint density at radius 3 is 2.73 bits per heavy atom. The van der Waals surface area contributed by atoms with Gasteiger partial charge in [0.2, 0.25) is 0 Å². The van der Waals surface area contributed by atoms with Gasteiger partial charge in [-0.3, -0.25) is 10.00 Å². The van der Waals surface area contributed by atoms with Gasteiger partial charge in [0.15, 0.2) is 5.82 Å². The van der Waals surface area contributed by atoms with E-state index in [2.05, 4.69) is 34.1 Å². The molecular weight excluding hydrogens is 188 g/mol. The van der Waals surface area contributed by atoms with Crippen LogP contribution in [0.5, 0.6) is 0 Å². The summed E-state index contributed by atoms with van der Waals surface area (Å²) in [6.07, 6.45) is 2.59. The highest BCUT2D eigenvalue weighted by molar-refractivity contribution is 5.49. The lowest BCUT2D eigenvalue weighted by Gasteiger charge is -2.26. The number of piperidine rings is 1. The van der Waals surface area contributed by atoms with Gasteiger partial charge in [-0.25, -0.2) is 0 Å². The van der Waals surface area contributed by atoms with Crippen LogP contribution in [0.25, 0.3) is 0 Å². The second-order valence-corrected chi connectivity index (χ2v) is 4.88. The minimum absolute atomic E-state index is 0.722. The summed E-state index contributed by atoms with van der Waals surface area (Å²) < 4.78 is 0. The molecule has 0 spiro atoms. The maximum Gasteiger partial charge on any atom is 0.154 e. The quantitative estimate of drug-likeness (QED) is 0.749. The van der Waals surface area contributed by atoms with Crippen LogP contribution in [0.4, 0.5) is 5.82 Å². The third kappa shape index (κ3) is 1.35. The second kappa shape index (κ2) is 3.23. The average molecular weight is 206 g/mol. The van der Waals surface area contributed by atoms with Crippen LogP contribution in [0.2, 0.25) is 0 Å². The molecule has 2 bridgehead atoms. The van der Waals surface area contributed by atoms with E-state index < -0.39 is 0 Å². The van der Waals surface area contributed by atoms with Crippen LogP contribution in [0.3, 0.4) is 0 Å². The molecule has 0 aliphatic carbocycles. The number of fused-ring (bicyclic) bond motifs is 2. The van der Waals surface area contributed by atoms with Crippen molar-refractivity contribution in [2.45, 2.75) is 25.3 Å². The van der Waals surface area contributed by atoms with Crippen molar-refractivity contribution in [3.8, 4) is 0 Å². The van der Waals surface area contributed by atoms with Crippen LogP contribution in [-0.4, -0.2) is 42.3 Å². The van der Waals surface area contributed by atoms with Gasteiger partial charge in [0.1, 0.15) is 0 Å². The highest BCUT2D eigenvalue weighted by atomic mass is 15.3. The number of hydrogen-bond donors (Lipinski definition) is 1. The lowest BCUT2D eigenvalue weighted by atomic mass is 9.94. The standard InChI is InChI=1S/C11H18N4/c1-14(2)11-9-7-15-5-3-8(4-6-15)10(9)12-13-11/h8H,3-7H2,1-2H3,(H,12,13). The predicted molar refractivity (Wildman–Crippen MR) is 60.2 cm³/mol. The van der Waals surface area contributed by atoms with E-state index in [1.807, 2.05) is 0 Å². The number of aromatic amines is 1. The van der Waals surface area contributed by atoms with Crippen molar-refractivity contribution in [2.24, 2.45) is 0 Å². The van der Waals surface area contributed by atoms with Crippen LogP contribution in [0, 0.1) is 0 Å². The predicted octanol–water partition coefficient (Wildman–Crippen LogP) is 1.17. The van der Waals surface area contributed by atoms with E-state index in [1.165, 1.54) is 37.2 Å². The summed E-state index contributed by atoms with van der Waals surface area (Å²) in [6, 6.07) is 0. The normalized spacial score (nSPS) is 28.7. The Balaban J connectivity index is 2.06. The monoisotopic (exact) mass is 206 g/mol. The molecular formula is C11H18N4. The maximum atomic E-state index is 4.43. The van der Waals surface area contributed by atoms with E-state index in [0.29, 0.717) is 0 Å². The Hall–Kier alpha value is -1.03. The smallest absolute Gasteiger partial charge is 0.154 e. The van der Waals surface area contributed by atoms with Gasteiger partial charge >= 0.3 is 0 Å². The summed E-state index contributed by atoms with van der Waals surface area (Å²) in [5.41, 5.74) is 2.83. The first-order chi connectivity index (χ1) is 7.25. The van der Waals surface area contributed by atoms with Crippen molar-refractivity contribution in [2.75, 3.05) is 32.1 Å². The van der Waals surface area contributed by atoms with E-state index >= 15 is 0 Å². The summed E-state index contributed by atoms with van der Waals surface area (Å²) in [4.78, 5) is 4.66. The maximum absolute atomic E-state index is 4.43. The number of H-pyrrole nitrogens is 1. The minimum Gasteiger partial charge on any atom is -0.361 e. The summed E-state index contributed by atoms with van der Waals surface area (Å²) in [6.45, 7) is 3.58. The van der Waals surface area contributed by atoms with Crippen LogP contribution in [0.1, 0.15) is 30.0 Å². The molecule has 4 nitrogen and oxygen atoms in total. The fourth-order valence-corrected chi connectivity index (χ4v) is 2.84. The molecule has 3 aliphatic heterocycles. The molecule has 4 heterocycles. The second-order valence-electron chi connectivity index (χ2n) is 4.88. The van der Waals surface area contributed by atoms with Crippen molar-refractivity contribution in [1.82, 2.24) is 15.1 Å². The molecule has 4 heteroatoms. The van der Waals surface area contributed by atoms with E-state index in [-0.39, 0.29) is 0 Å². The molecule has 0 unspecified atom stereocenters. The van der Waals surface area contributed by atoms with E-state index in [9.17, 15) is 0 Å². The molecule has 3 aliphatic rings. The van der Waals surface area contributed by atoms with Crippen molar-refractivity contribution in [1.29, 1.82) is 0 Å². The molecule has 82 valence electrons. The number of nitrogens with one attached hydrogen (secondary N) is 1. The molecule has 4 rings (SSSR count). The van der Waals surface area contributed by atoms with Crippen LogP contribution >= 0.6 is 0 Å². The number of hydrogen-bond acceptors (Lipinski definition) is 3. The summed E-state index contributed by atoms with van der Waals surface area (Å²) in [5, 5.41) is 7.69. The Bertz CT molecular complexity index is 361. The number of nitrogens with zero attached hydrogens (tertiary/aromatic N) is 3. The fourth-order valence-electron chi connectivity index (χ4n) is 2.84.